The first-order valence-corrected chi connectivity index (χ1v) is 5.56. The lowest BCUT2D eigenvalue weighted by molar-refractivity contribution is -0.385. The summed E-state index contributed by atoms with van der Waals surface area (Å²) in [5.74, 6) is 0.583. The average molecular weight is 224 g/mol. The molecule has 0 amide bonds. The highest BCUT2D eigenvalue weighted by Crippen LogP contribution is 2.20. The SMILES string of the molecule is Cc1c([N+](=O)[O-])cnn1CC1CCNCC1. The first-order chi connectivity index (χ1) is 7.68. The Balaban J connectivity index is 2.06. The van der Waals surface area contributed by atoms with Gasteiger partial charge in [0.25, 0.3) is 0 Å². The second kappa shape index (κ2) is 4.61. The van der Waals surface area contributed by atoms with Crippen molar-refractivity contribution in [2.75, 3.05) is 13.1 Å². The fourth-order valence-corrected chi connectivity index (χ4v) is 2.11. The molecule has 0 bridgehead atoms. The number of hydrogen-bond acceptors (Lipinski definition) is 4. The van der Waals surface area contributed by atoms with E-state index in [0.717, 1.165) is 32.5 Å². The summed E-state index contributed by atoms with van der Waals surface area (Å²) in [5, 5.41) is 18.1. The predicted molar refractivity (Wildman–Crippen MR) is 59.2 cm³/mol. The molecule has 1 saturated heterocycles. The third-order valence-corrected chi connectivity index (χ3v) is 3.16. The molecule has 6 heteroatoms. The minimum atomic E-state index is -0.374. The van der Waals surface area contributed by atoms with Gasteiger partial charge >= 0.3 is 5.69 Å². The molecule has 0 spiro atoms. The second-order valence-electron chi connectivity index (χ2n) is 4.25. The summed E-state index contributed by atoms with van der Waals surface area (Å²) in [6.45, 7) is 4.62. The Morgan fingerprint density at radius 3 is 2.88 bits per heavy atom. The Hall–Kier alpha value is -1.43. The highest BCUT2D eigenvalue weighted by Gasteiger charge is 2.19. The van der Waals surface area contributed by atoms with Crippen molar-refractivity contribution in [3.8, 4) is 0 Å². The number of hydrogen-bond donors (Lipinski definition) is 1. The molecular formula is C10H16N4O2. The standard InChI is InChI=1S/C10H16N4O2/c1-8-10(14(15)16)6-12-13(8)7-9-2-4-11-5-3-9/h6,9,11H,2-5,7H2,1H3. The molecule has 0 aromatic carbocycles. The lowest BCUT2D eigenvalue weighted by Gasteiger charge is -2.22. The van der Waals surface area contributed by atoms with Crippen LogP contribution in [0.5, 0.6) is 0 Å². The molecule has 1 aromatic heterocycles. The van der Waals surface area contributed by atoms with Crippen LogP contribution in [0.2, 0.25) is 0 Å². The summed E-state index contributed by atoms with van der Waals surface area (Å²) < 4.78 is 1.76. The Kier molecular flexibility index (Phi) is 3.19. The van der Waals surface area contributed by atoms with Gasteiger partial charge in [0.05, 0.1) is 4.92 Å². The Morgan fingerprint density at radius 1 is 1.62 bits per heavy atom. The molecule has 1 aliphatic heterocycles. The van der Waals surface area contributed by atoms with E-state index in [-0.39, 0.29) is 10.6 Å². The molecule has 2 heterocycles. The molecule has 16 heavy (non-hydrogen) atoms. The molecule has 1 aliphatic rings. The van der Waals surface area contributed by atoms with Gasteiger partial charge < -0.3 is 5.32 Å². The van der Waals surface area contributed by atoms with Gasteiger partial charge in [-0.15, -0.1) is 0 Å². The van der Waals surface area contributed by atoms with Gasteiger partial charge in [0.2, 0.25) is 0 Å². The van der Waals surface area contributed by atoms with Crippen molar-refractivity contribution in [3.63, 3.8) is 0 Å². The molecule has 0 aliphatic carbocycles. The summed E-state index contributed by atoms with van der Waals surface area (Å²) in [4.78, 5) is 10.3. The highest BCUT2D eigenvalue weighted by atomic mass is 16.6. The largest absolute Gasteiger partial charge is 0.317 e. The lowest BCUT2D eigenvalue weighted by atomic mass is 9.98. The predicted octanol–water partition coefficient (Wildman–Crippen LogP) is 1.10. The summed E-state index contributed by atoms with van der Waals surface area (Å²) >= 11 is 0. The Morgan fingerprint density at radius 2 is 2.31 bits per heavy atom. The van der Waals surface area contributed by atoms with E-state index >= 15 is 0 Å². The third-order valence-electron chi connectivity index (χ3n) is 3.16. The van der Waals surface area contributed by atoms with E-state index in [2.05, 4.69) is 10.4 Å². The normalized spacial score (nSPS) is 17.6. The first-order valence-electron chi connectivity index (χ1n) is 5.56. The van der Waals surface area contributed by atoms with E-state index in [0.29, 0.717) is 11.6 Å². The third kappa shape index (κ3) is 2.21. The van der Waals surface area contributed by atoms with E-state index in [9.17, 15) is 10.1 Å². The number of nitro groups is 1. The van der Waals surface area contributed by atoms with Crippen molar-refractivity contribution in [1.29, 1.82) is 0 Å². The molecule has 88 valence electrons. The van der Waals surface area contributed by atoms with Crippen LogP contribution in [0.3, 0.4) is 0 Å². The maximum absolute atomic E-state index is 10.7. The maximum Gasteiger partial charge on any atom is 0.309 e. The number of piperidine rings is 1. The van der Waals surface area contributed by atoms with E-state index < -0.39 is 0 Å². The van der Waals surface area contributed by atoms with Crippen LogP contribution in [0.1, 0.15) is 18.5 Å². The van der Waals surface area contributed by atoms with Gasteiger partial charge in [0.15, 0.2) is 0 Å². The molecule has 1 fully saturated rings. The molecule has 6 nitrogen and oxygen atoms in total. The summed E-state index contributed by atoms with van der Waals surface area (Å²) in [7, 11) is 0. The minimum absolute atomic E-state index is 0.119. The molecule has 0 saturated carbocycles. The van der Waals surface area contributed by atoms with Crippen LogP contribution < -0.4 is 5.32 Å². The van der Waals surface area contributed by atoms with Gasteiger partial charge in [-0.3, -0.25) is 14.8 Å². The van der Waals surface area contributed by atoms with Crippen LogP contribution >= 0.6 is 0 Å². The van der Waals surface area contributed by atoms with Gasteiger partial charge in [-0.2, -0.15) is 5.10 Å². The van der Waals surface area contributed by atoms with Gasteiger partial charge in [-0.1, -0.05) is 0 Å². The van der Waals surface area contributed by atoms with Crippen LogP contribution in [0, 0.1) is 23.0 Å². The number of nitrogens with one attached hydrogen (secondary N) is 1. The van der Waals surface area contributed by atoms with Gasteiger partial charge in [0.1, 0.15) is 11.9 Å². The van der Waals surface area contributed by atoms with Crippen LogP contribution in [-0.4, -0.2) is 27.8 Å². The minimum Gasteiger partial charge on any atom is -0.317 e. The Bertz CT molecular complexity index is 382. The fourth-order valence-electron chi connectivity index (χ4n) is 2.11. The number of nitrogens with zero attached hydrogens (tertiary/aromatic N) is 3. The molecule has 2 rings (SSSR count). The van der Waals surface area contributed by atoms with Crippen LogP contribution in [0.25, 0.3) is 0 Å². The zero-order valence-electron chi connectivity index (χ0n) is 9.35. The van der Waals surface area contributed by atoms with Crippen molar-refractivity contribution in [3.05, 3.63) is 22.0 Å². The topological polar surface area (TPSA) is 73.0 Å². The smallest absolute Gasteiger partial charge is 0.309 e. The van der Waals surface area contributed by atoms with Crippen molar-refractivity contribution in [2.45, 2.75) is 26.3 Å². The van der Waals surface area contributed by atoms with Gasteiger partial charge in [0, 0.05) is 6.54 Å². The van der Waals surface area contributed by atoms with E-state index in [1.165, 1.54) is 6.20 Å². The van der Waals surface area contributed by atoms with Crippen molar-refractivity contribution in [2.24, 2.45) is 5.92 Å². The quantitative estimate of drug-likeness (QED) is 0.616. The zero-order chi connectivity index (χ0) is 11.5. The van der Waals surface area contributed by atoms with Crippen molar-refractivity contribution in [1.82, 2.24) is 15.1 Å². The zero-order valence-corrected chi connectivity index (χ0v) is 9.35. The van der Waals surface area contributed by atoms with Crippen LogP contribution in [-0.2, 0) is 6.54 Å². The summed E-state index contributed by atoms with van der Waals surface area (Å²) in [5.41, 5.74) is 0.775. The highest BCUT2D eigenvalue weighted by molar-refractivity contribution is 5.31. The van der Waals surface area contributed by atoms with Gasteiger partial charge in [-0.25, -0.2) is 0 Å². The van der Waals surface area contributed by atoms with Crippen LogP contribution in [0.15, 0.2) is 6.20 Å². The van der Waals surface area contributed by atoms with Gasteiger partial charge in [-0.05, 0) is 38.8 Å². The Labute approximate surface area is 93.8 Å². The molecule has 0 radical (unpaired) electrons. The lowest BCUT2D eigenvalue weighted by Crippen LogP contribution is -2.30. The molecular weight excluding hydrogens is 208 g/mol. The molecule has 0 unspecified atom stereocenters. The fraction of sp³-hybridized carbons (Fsp3) is 0.700. The maximum atomic E-state index is 10.7. The summed E-state index contributed by atoms with van der Waals surface area (Å²) in [6.07, 6.45) is 3.58. The number of rotatable bonds is 3. The number of aromatic nitrogens is 2. The molecule has 1 N–H and O–H groups in total. The molecule has 0 atom stereocenters. The van der Waals surface area contributed by atoms with Crippen molar-refractivity contribution >= 4 is 5.69 Å². The average Bonchev–Trinajstić information content (AvgIpc) is 2.62. The van der Waals surface area contributed by atoms with E-state index in [1.807, 2.05) is 0 Å². The first kappa shape index (κ1) is 11.1. The van der Waals surface area contributed by atoms with E-state index in [1.54, 1.807) is 11.6 Å². The monoisotopic (exact) mass is 224 g/mol. The van der Waals surface area contributed by atoms with Crippen LogP contribution in [0.4, 0.5) is 5.69 Å². The van der Waals surface area contributed by atoms with E-state index in [4.69, 9.17) is 0 Å². The van der Waals surface area contributed by atoms with Crippen molar-refractivity contribution < 1.29 is 4.92 Å². The molecule has 1 aromatic rings. The second-order valence-corrected chi connectivity index (χ2v) is 4.25. The summed E-state index contributed by atoms with van der Waals surface area (Å²) in [6, 6.07) is 0.